The normalized spacial score (nSPS) is 10.1. The van der Waals surface area contributed by atoms with Crippen molar-refractivity contribution in [1.82, 2.24) is 0 Å². The summed E-state index contributed by atoms with van der Waals surface area (Å²) in [4.78, 5) is 20.0. The third-order valence-corrected chi connectivity index (χ3v) is 2.51. The number of ether oxygens (including phenoxy) is 1. The van der Waals surface area contributed by atoms with Gasteiger partial charge in [-0.05, 0) is 24.3 Å². The average molecular weight is 292 g/mol. The summed E-state index contributed by atoms with van der Waals surface area (Å²) in [6.45, 7) is 0. The molecule has 2 aromatic carbocycles. The Morgan fingerprint density at radius 1 is 0.905 bits per heavy atom. The number of phenolic OH excluding ortho intramolecular Hbond substituents is 2. The fourth-order valence-electron chi connectivity index (χ4n) is 1.57. The van der Waals surface area contributed by atoms with Crippen molar-refractivity contribution in [3.05, 3.63) is 56.6 Å². The molecule has 0 atom stereocenters. The van der Waals surface area contributed by atoms with Gasteiger partial charge in [0.05, 0.1) is 22.0 Å². The van der Waals surface area contributed by atoms with Crippen LogP contribution in [0.25, 0.3) is 0 Å². The van der Waals surface area contributed by atoms with E-state index in [0.29, 0.717) is 0 Å². The van der Waals surface area contributed by atoms with E-state index in [0.717, 1.165) is 24.3 Å². The van der Waals surface area contributed by atoms with Gasteiger partial charge in [-0.15, -0.1) is 0 Å². The van der Waals surface area contributed by atoms with E-state index in [1.165, 1.54) is 12.1 Å². The zero-order valence-corrected chi connectivity index (χ0v) is 10.3. The van der Waals surface area contributed by atoms with Gasteiger partial charge in [0, 0.05) is 0 Å². The predicted molar refractivity (Wildman–Crippen MR) is 69.6 cm³/mol. The van der Waals surface area contributed by atoms with Gasteiger partial charge in [0.2, 0.25) is 5.75 Å². The van der Waals surface area contributed by atoms with Crippen LogP contribution >= 0.6 is 0 Å². The van der Waals surface area contributed by atoms with Gasteiger partial charge in [0.1, 0.15) is 11.5 Å². The number of nitrogens with zero attached hydrogens (tertiary/aromatic N) is 2. The second-order valence-electron chi connectivity index (χ2n) is 3.92. The minimum atomic E-state index is -0.812. The molecular weight excluding hydrogens is 284 g/mol. The van der Waals surface area contributed by atoms with Crippen molar-refractivity contribution in [1.29, 1.82) is 0 Å². The summed E-state index contributed by atoms with van der Waals surface area (Å²) in [6.07, 6.45) is 0. The average Bonchev–Trinajstić information content (AvgIpc) is 2.42. The fraction of sp³-hybridized carbons (Fsp3) is 0. The van der Waals surface area contributed by atoms with Gasteiger partial charge in [-0.25, -0.2) is 0 Å². The van der Waals surface area contributed by atoms with E-state index >= 15 is 0 Å². The van der Waals surface area contributed by atoms with Crippen LogP contribution in [0, 0.1) is 20.2 Å². The highest BCUT2D eigenvalue weighted by Crippen LogP contribution is 2.36. The van der Waals surface area contributed by atoms with Gasteiger partial charge in [-0.1, -0.05) is 0 Å². The van der Waals surface area contributed by atoms with Crippen molar-refractivity contribution >= 4 is 11.4 Å². The standard InChI is InChI=1S/C12H8N2O7/c15-7-1-4-12(10(5-7)14(19)20)21-8-2-3-11(16)9(6-8)13(17)18/h1-6,15-16H. The molecule has 9 heteroatoms. The molecule has 2 aromatic rings. The molecule has 0 bridgehead atoms. The van der Waals surface area contributed by atoms with Crippen LogP contribution in [0.5, 0.6) is 23.0 Å². The van der Waals surface area contributed by atoms with Crippen LogP contribution in [-0.2, 0) is 0 Å². The lowest BCUT2D eigenvalue weighted by Crippen LogP contribution is -1.94. The number of nitro groups is 2. The van der Waals surface area contributed by atoms with Crippen molar-refractivity contribution in [3.8, 4) is 23.0 Å². The summed E-state index contributed by atoms with van der Waals surface area (Å²) >= 11 is 0. The molecule has 21 heavy (non-hydrogen) atoms. The molecule has 0 amide bonds. The van der Waals surface area contributed by atoms with Gasteiger partial charge in [-0.3, -0.25) is 20.2 Å². The van der Waals surface area contributed by atoms with E-state index in [-0.39, 0.29) is 17.2 Å². The maximum absolute atomic E-state index is 10.9. The summed E-state index contributed by atoms with van der Waals surface area (Å²) < 4.78 is 5.20. The van der Waals surface area contributed by atoms with Crippen LogP contribution in [0.3, 0.4) is 0 Å². The molecule has 0 aromatic heterocycles. The summed E-state index contributed by atoms with van der Waals surface area (Å²) in [7, 11) is 0. The largest absolute Gasteiger partial charge is 0.508 e. The fourth-order valence-corrected chi connectivity index (χ4v) is 1.57. The maximum Gasteiger partial charge on any atom is 0.315 e. The van der Waals surface area contributed by atoms with Gasteiger partial charge in [0.15, 0.2) is 5.75 Å². The molecule has 108 valence electrons. The summed E-state index contributed by atoms with van der Waals surface area (Å²) in [6, 6.07) is 6.43. The van der Waals surface area contributed by atoms with Crippen LogP contribution < -0.4 is 4.74 Å². The zero-order valence-electron chi connectivity index (χ0n) is 10.3. The lowest BCUT2D eigenvalue weighted by Gasteiger charge is -2.07. The van der Waals surface area contributed by atoms with E-state index in [1.54, 1.807) is 0 Å². The molecule has 0 heterocycles. The minimum Gasteiger partial charge on any atom is -0.508 e. The topological polar surface area (TPSA) is 136 Å². The Morgan fingerprint density at radius 2 is 1.57 bits per heavy atom. The third kappa shape index (κ3) is 2.97. The van der Waals surface area contributed by atoms with E-state index in [9.17, 15) is 30.4 Å². The Labute approximate surface area is 116 Å². The van der Waals surface area contributed by atoms with Crippen LogP contribution in [0.15, 0.2) is 36.4 Å². The molecule has 0 fully saturated rings. The van der Waals surface area contributed by atoms with E-state index < -0.39 is 27.0 Å². The molecule has 0 aliphatic rings. The molecule has 0 saturated carbocycles. The van der Waals surface area contributed by atoms with E-state index in [2.05, 4.69) is 0 Å². The highest BCUT2D eigenvalue weighted by Gasteiger charge is 2.19. The smallest absolute Gasteiger partial charge is 0.315 e. The second-order valence-corrected chi connectivity index (χ2v) is 3.92. The number of phenols is 2. The first-order chi connectivity index (χ1) is 9.88. The summed E-state index contributed by atoms with van der Waals surface area (Å²) in [5.74, 6) is -1.12. The first kappa shape index (κ1) is 14.1. The molecule has 9 nitrogen and oxygen atoms in total. The number of aromatic hydroxyl groups is 2. The van der Waals surface area contributed by atoms with Crippen molar-refractivity contribution in [2.24, 2.45) is 0 Å². The predicted octanol–water partition coefficient (Wildman–Crippen LogP) is 2.71. The van der Waals surface area contributed by atoms with Gasteiger partial charge < -0.3 is 14.9 Å². The number of benzene rings is 2. The second kappa shape index (κ2) is 5.33. The number of rotatable bonds is 4. The van der Waals surface area contributed by atoms with Gasteiger partial charge in [0.25, 0.3) is 0 Å². The van der Waals surface area contributed by atoms with E-state index in [1.807, 2.05) is 0 Å². The molecular formula is C12H8N2O7. The number of nitro benzene ring substituents is 2. The van der Waals surface area contributed by atoms with Gasteiger partial charge in [-0.2, -0.15) is 0 Å². The Bertz CT molecular complexity index is 730. The molecule has 2 N–H and O–H groups in total. The first-order valence-corrected chi connectivity index (χ1v) is 5.51. The Hall–Kier alpha value is -3.36. The maximum atomic E-state index is 10.9. The molecule has 0 aliphatic carbocycles. The highest BCUT2D eigenvalue weighted by atomic mass is 16.6. The lowest BCUT2D eigenvalue weighted by atomic mass is 10.2. The quantitative estimate of drug-likeness (QED) is 0.652. The first-order valence-electron chi connectivity index (χ1n) is 5.51. The Kier molecular flexibility index (Phi) is 3.57. The van der Waals surface area contributed by atoms with Crippen molar-refractivity contribution in [2.45, 2.75) is 0 Å². The van der Waals surface area contributed by atoms with Crippen LogP contribution in [0.2, 0.25) is 0 Å². The van der Waals surface area contributed by atoms with Crippen LogP contribution in [0.1, 0.15) is 0 Å². The molecule has 0 radical (unpaired) electrons. The molecule has 2 rings (SSSR count). The van der Waals surface area contributed by atoms with Crippen LogP contribution in [-0.4, -0.2) is 20.1 Å². The summed E-state index contributed by atoms with van der Waals surface area (Å²) in [5, 5.41) is 40.1. The molecule has 0 aliphatic heterocycles. The SMILES string of the molecule is O=[N+]([O-])c1cc(Oc2ccc(O)cc2[N+](=O)[O-])ccc1O. The third-order valence-electron chi connectivity index (χ3n) is 2.51. The lowest BCUT2D eigenvalue weighted by molar-refractivity contribution is -0.386. The van der Waals surface area contributed by atoms with Gasteiger partial charge >= 0.3 is 11.4 Å². The van der Waals surface area contributed by atoms with Crippen LogP contribution in [0.4, 0.5) is 11.4 Å². The number of hydrogen-bond donors (Lipinski definition) is 2. The summed E-state index contributed by atoms with van der Waals surface area (Å²) in [5.41, 5.74) is -1.08. The Morgan fingerprint density at radius 3 is 2.19 bits per heavy atom. The number of hydrogen-bond acceptors (Lipinski definition) is 7. The molecule has 0 spiro atoms. The zero-order chi connectivity index (χ0) is 15.6. The Balaban J connectivity index is 2.41. The molecule has 0 saturated heterocycles. The van der Waals surface area contributed by atoms with Crippen molar-refractivity contribution in [3.63, 3.8) is 0 Å². The van der Waals surface area contributed by atoms with E-state index in [4.69, 9.17) is 4.74 Å². The minimum absolute atomic E-state index is 0.0618. The monoisotopic (exact) mass is 292 g/mol. The molecule has 0 unspecified atom stereocenters. The highest BCUT2D eigenvalue weighted by molar-refractivity contribution is 5.55. The van der Waals surface area contributed by atoms with Crippen molar-refractivity contribution < 1.29 is 24.8 Å². The van der Waals surface area contributed by atoms with Crippen molar-refractivity contribution in [2.75, 3.05) is 0 Å².